The Morgan fingerprint density at radius 1 is 1.33 bits per heavy atom. The van der Waals surface area contributed by atoms with Crippen LogP contribution >= 0.6 is 12.4 Å². The van der Waals surface area contributed by atoms with E-state index in [-0.39, 0.29) is 29.8 Å². The van der Waals surface area contributed by atoms with Gasteiger partial charge in [0.25, 0.3) is 0 Å². The summed E-state index contributed by atoms with van der Waals surface area (Å²) >= 11 is 0. The third-order valence-corrected chi connectivity index (χ3v) is 4.69. The van der Waals surface area contributed by atoms with Gasteiger partial charge in [-0.15, -0.1) is 12.4 Å². The van der Waals surface area contributed by atoms with Gasteiger partial charge in [0.05, 0.1) is 6.61 Å². The van der Waals surface area contributed by atoms with Crippen LogP contribution in [-0.4, -0.2) is 36.5 Å². The number of rotatable bonds is 6. The van der Waals surface area contributed by atoms with Crippen LogP contribution in [-0.2, 0) is 11.2 Å². The quantitative estimate of drug-likeness (QED) is 0.851. The van der Waals surface area contributed by atoms with Gasteiger partial charge in [0.2, 0.25) is 5.91 Å². The average Bonchev–Trinajstić information content (AvgIpc) is 2.54. The molecule has 0 saturated carbocycles. The van der Waals surface area contributed by atoms with Crippen molar-refractivity contribution in [1.82, 2.24) is 4.90 Å². The molecule has 1 aliphatic heterocycles. The normalized spacial score (nSPS) is 19.5. The molecule has 1 unspecified atom stereocenters. The Labute approximate surface area is 152 Å². The van der Waals surface area contributed by atoms with E-state index in [0.717, 1.165) is 44.7 Å². The van der Waals surface area contributed by atoms with Crippen molar-refractivity contribution >= 4 is 18.3 Å². The van der Waals surface area contributed by atoms with Crippen LogP contribution in [0.5, 0.6) is 5.75 Å². The lowest BCUT2D eigenvalue weighted by molar-refractivity contribution is -0.134. The van der Waals surface area contributed by atoms with Gasteiger partial charge < -0.3 is 15.4 Å². The van der Waals surface area contributed by atoms with Crippen molar-refractivity contribution in [3.05, 3.63) is 29.8 Å². The lowest BCUT2D eigenvalue weighted by Gasteiger charge is -2.42. The zero-order valence-electron chi connectivity index (χ0n) is 15.1. The Kier molecular flexibility index (Phi) is 8.04. The van der Waals surface area contributed by atoms with Crippen LogP contribution in [0.4, 0.5) is 0 Å². The summed E-state index contributed by atoms with van der Waals surface area (Å²) in [6.45, 7) is 8.67. The molecule has 2 N–H and O–H groups in total. The van der Waals surface area contributed by atoms with E-state index in [0.29, 0.717) is 6.42 Å². The molecule has 5 heteroatoms. The van der Waals surface area contributed by atoms with Crippen molar-refractivity contribution in [3.8, 4) is 5.75 Å². The highest BCUT2D eigenvalue weighted by molar-refractivity contribution is 5.85. The number of hydrogen-bond acceptors (Lipinski definition) is 3. The molecule has 136 valence electrons. The summed E-state index contributed by atoms with van der Waals surface area (Å²) in [4.78, 5) is 14.4. The van der Waals surface area contributed by atoms with E-state index >= 15 is 0 Å². The fraction of sp³-hybridized carbons (Fsp3) is 0.632. The highest BCUT2D eigenvalue weighted by atomic mass is 35.5. The van der Waals surface area contributed by atoms with Crippen molar-refractivity contribution in [2.24, 2.45) is 11.1 Å². The van der Waals surface area contributed by atoms with E-state index in [1.54, 1.807) is 0 Å². The third-order valence-electron chi connectivity index (χ3n) is 4.69. The second-order valence-electron chi connectivity index (χ2n) is 7.19. The molecule has 0 spiro atoms. The third kappa shape index (κ3) is 5.67. The molecule has 24 heavy (non-hydrogen) atoms. The average molecular weight is 355 g/mol. The minimum Gasteiger partial charge on any atom is -0.494 e. The Morgan fingerprint density at radius 3 is 2.58 bits per heavy atom. The number of halogens is 1. The van der Waals surface area contributed by atoms with E-state index in [9.17, 15) is 4.79 Å². The molecule has 1 fully saturated rings. The Morgan fingerprint density at radius 2 is 2.00 bits per heavy atom. The van der Waals surface area contributed by atoms with Crippen LogP contribution in [0.25, 0.3) is 0 Å². The van der Waals surface area contributed by atoms with E-state index in [1.807, 2.05) is 29.2 Å². The summed E-state index contributed by atoms with van der Waals surface area (Å²) in [7, 11) is 0. The molecule has 2 rings (SSSR count). The zero-order valence-corrected chi connectivity index (χ0v) is 15.9. The lowest BCUT2D eigenvalue weighted by atomic mass is 9.79. The molecular formula is C19H31ClN2O2. The first-order chi connectivity index (χ1) is 10.9. The van der Waals surface area contributed by atoms with Gasteiger partial charge in [-0.05, 0) is 42.4 Å². The molecule has 4 nitrogen and oxygen atoms in total. The van der Waals surface area contributed by atoms with E-state index in [2.05, 4.69) is 20.8 Å². The minimum atomic E-state index is 0. The number of carbonyl (C=O) groups excluding carboxylic acids is 1. The molecule has 1 saturated heterocycles. The van der Waals surface area contributed by atoms with Gasteiger partial charge >= 0.3 is 0 Å². The fourth-order valence-electron chi connectivity index (χ4n) is 2.97. The number of hydrogen-bond donors (Lipinski definition) is 1. The Balaban J connectivity index is 0.00000288. The van der Waals surface area contributed by atoms with Crippen molar-refractivity contribution in [2.75, 3.05) is 19.7 Å². The van der Waals surface area contributed by atoms with E-state index in [1.165, 1.54) is 5.56 Å². The van der Waals surface area contributed by atoms with Crippen molar-refractivity contribution < 1.29 is 9.53 Å². The Hall–Kier alpha value is -1.26. The predicted octanol–water partition coefficient (Wildman–Crippen LogP) is 3.42. The summed E-state index contributed by atoms with van der Waals surface area (Å²) < 4.78 is 5.58. The molecule has 0 bridgehead atoms. The second-order valence-corrected chi connectivity index (χ2v) is 7.19. The molecular weight excluding hydrogens is 324 g/mol. The number of aryl methyl sites for hydroxylation is 1. The van der Waals surface area contributed by atoms with Gasteiger partial charge in [0, 0.05) is 25.6 Å². The van der Waals surface area contributed by atoms with E-state index < -0.39 is 0 Å². The summed E-state index contributed by atoms with van der Waals surface area (Å²) in [5, 5.41) is 0. The van der Waals surface area contributed by atoms with Gasteiger partial charge in [-0.3, -0.25) is 4.79 Å². The predicted molar refractivity (Wildman–Crippen MR) is 101 cm³/mol. The molecule has 0 aromatic heterocycles. The van der Waals surface area contributed by atoms with Gasteiger partial charge in [0.15, 0.2) is 0 Å². The molecule has 1 amide bonds. The number of piperidine rings is 1. The molecule has 1 aromatic rings. The number of amides is 1. The summed E-state index contributed by atoms with van der Waals surface area (Å²) in [6.07, 6.45) is 3.23. The van der Waals surface area contributed by atoms with Gasteiger partial charge in [-0.1, -0.05) is 32.9 Å². The molecule has 0 aliphatic carbocycles. The first kappa shape index (κ1) is 20.8. The number of carbonyl (C=O) groups is 1. The lowest BCUT2D eigenvalue weighted by Crippen LogP contribution is -2.54. The highest BCUT2D eigenvalue weighted by Gasteiger charge is 2.34. The van der Waals surface area contributed by atoms with Gasteiger partial charge in [-0.2, -0.15) is 0 Å². The number of ether oxygens (including phenoxy) is 1. The van der Waals surface area contributed by atoms with Crippen molar-refractivity contribution in [1.29, 1.82) is 0 Å². The standard InChI is InChI=1S/C19H30N2O2.ClH/c1-4-13-23-16-8-5-15(6-9-16)7-10-18(22)21-12-11-17(20)19(2,3)14-21;/h5-6,8-9,17H,4,7,10-14,20H2,1-3H3;1H. The summed E-state index contributed by atoms with van der Waals surface area (Å²) in [5.74, 6) is 1.13. The van der Waals surface area contributed by atoms with Gasteiger partial charge in [0.1, 0.15) is 5.75 Å². The van der Waals surface area contributed by atoms with Crippen LogP contribution in [0.2, 0.25) is 0 Å². The number of benzene rings is 1. The number of nitrogens with two attached hydrogens (primary N) is 1. The molecule has 1 atom stereocenters. The first-order valence-corrected chi connectivity index (χ1v) is 8.67. The van der Waals surface area contributed by atoms with Crippen molar-refractivity contribution in [2.45, 2.75) is 52.5 Å². The van der Waals surface area contributed by atoms with Gasteiger partial charge in [-0.25, -0.2) is 0 Å². The maximum absolute atomic E-state index is 12.4. The zero-order chi connectivity index (χ0) is 16.9. The second kappa shape index (κ2) is 9.28. The van der Waals surface area contributed by atoms with Crippen molar-refractivity contribution in [3.63, 3.8) is 0 Å². The van der Waals surface area contributed by atoms with Crippen LogP contribution in [0.15, 0.2) is 24.3 Å². The first-order valence-electron chi connectivity index (χ1n) is 8.67. The molecule has 1 aromatic carbocycles. The van der Waals surface area contributed by atoms with Crippen LogP contribution in [0, 0.1) is 5.41 Å². The van der Waals surface area contributed by atoms with E-state index in [4.69, 9.17) is 10.5 Å². The molecule has 1 aliphatic rings. The summed E-state index contributed by atoms with van der Waals surface area (Å²) in [6, 6.07) is 8.25. The SMILES string of the molecule is CCCOc1ccc(CCC(=O)N2CCC(N)C(C)(C)C2)cc1.Cl. The highest BCUT2D eigenvalue weighted by Crippen LogP contribution is 2.28. The molecule has 0 radical (unpaired) electrons. The minimum absolute atomic E-state index is 0. The largest absolute Gasteiger partial charge is 0.494 e. The number of likely N-dealkylation sites (tertiary alicyclic amines) is 1. The maximum atomic E-state index is 12.4. The smallest absolute Gasteiger partial charge is 0.222 e. The summed E-state index contributed by atoms with van der Waals surface area (Å²) in [5.41, 5.74) is 7.32. The molecule has 1 heterocycles. The van der Waals surface area contributed by atoms with Crippen LogP contribution in [0.1, 0.15) is 45.6 Å². The van der Waals surface area contributed by atoms with Crippen LogP contribution in [0.3, 0.4) is 0 Å². The number of nitrogens with zero attached hydrogens (tertiary/aromatic N) is 1. The van der Waals surface area contributed by atoms with Crippen LogP contribution < -0.4 is 10.5 Å². The fourth-order valence-corrected chi connectivity index (χ4v) is 2.97. The Bertz CT molecular complexity index is 517. The monoisotopic (exact) mass is 354 g/mol. The maximum Gasteiger partial charge on any atom is 0.222 e. The topological polar surface area (TPSA) is 55.6 Å².